The van der Waals surface area contributed by atoms with E-state index in [1.54, 1.807) is 12.1 Å². The largest absolute Gasteiger partial charge is 0.464 e. The van der Waals surface area contributed by atoms with E-state index >= 15 is 0 Å². The van der Waals surface area contributed by atoms with Gasteiger partial charge >= 0.3 is 5.97 Å². The van der Waals surface area contributed by atoms with Crippen LogP contribution in [0.15, 0.2) is 61.8 Å². The molecule has 1 aromatic carbocycles. The Kier molecular flexibility index (Phi) is 6.64. The van der Waals surface area contributed by atoms with Crippen LogP contribution in [0.5, 0.6) is 0 Å². The van der Waals surface area contributed by atoms with Crippen molar-refractivity contribution in [3.8, 4) is 0 Å². The van der Waals surface area contributed by atoms with Gasteiger partial charge in [0.15, 0.2) is 5.09 Å². The summed E-state index contributed by atoms with van der Waals surface area (Å²) < 4.78 is 10.8. The van der Waals surface area contributed by atoms with Crippen LogP contribution in [0.25, 0.3) is 6.08 Å². The smallest absolute Gasteiger partial charge is 0.326 e. The lowest BCUT2D eigenvalue weighted by atomic mass is 10.2. The van der Waals surface area contributed by atoms with Gasteiger partial charge in [-0.1, -0.05) is 43.8 Å². The number of rotatable bonds is 7. The van der Waals surface area contributed by atoms with E-state index in [-0.39, 0.29) is 24.0 Å². The molecule has 2 aromatic rings. The zero-order valence-electron chi connectivity index (χ0n) is 15.4. The number of amides is 2. The fraction of sp³-hybridized carbons (Fsp3) is 0.250. The fourth-order valence-electron chi connectivity index (χ4n) is 2.27. The van der Waals surface area contributed by atoms with Crippen molar-refractivity contribution in [3.05, 3.63) is 53.1 Å². The summed E-state index contributed by atoms with van der Waals surface area (Å²) in [5.41, 5.74) is 0. The zero-order valence-corrected chi connectivity index (χ0v) is 17.0. The molecule has 0 aliphatic carbocycles. The third kappa shape index (κ3) is 5.30. The molecule has 1 aliphatic rings. The first-order valence-corrected chi connectivity index (χ1v) is 10.3. The minimum atomic E-state index is -0.600. The van der Waals surface area contributed by atoms with E-state index in [9.17, 15) is 14.4 Å². The molecule has 0 atom stereocenters. The van der Waals surface area contributed by atoms with E-state index in [4.69, 9.17) is 9.15 Å². The predicted octanol–water partition coefficient (Wildman–Crippen LogP) is 4.67. The van der Waals surface area contributed by atoms with Crippen LogP contribution in [0.1, 0.15) is 19.6 Å². The van der Waals surface area contributed by atoms with Crippen LogP contribution < -0.4 is 0 Å². The summed E-state index contributed by atoms with van der Waals surface area (Å²) in [6.07, 6.45) is 1.51. The molecule has 8 heteroatoms. The number of thioether (sulfide) groups is 1. The van der Waals surface area contributed by atoms with Crippen LogP contribution in [0, 0.1) is 5.92 Å². The molecule has 0 bridgehead atoms. The lowest BCUT2D eigenvalue weighted by Gasteiger charge is -2.12. The van der Waals surface area contributed by atoms with E-state index in [2.05, 4.69) is 0 Å². The molecule has 1 aliphatic heterocycles. The summed E-state index contributed by atoms with van der Waals surface area (Å²) in [5.74, 6) is -0.478. The molecule has 0 saturated carbocycles. The van der Waals surface area contributed by atoms with Gasteiger partial charge in [0.05, 0.1) is 11.5 Å². The van der Waals surface area contributed by atoms with Crippen molar-refractivity contribution >= 4 is 46.7 Å². The Morgan fingerprint density at radius 2 is 1.96 bits per heavy atom. The Balaban J connectivity index is 1.64. The monoisotopic (exact) mass is 417 g/mol. The maximum Gasteiger partial charge on any atom is 0.326 e. The number of nitrogens with zero attached hydrogens (tertiary/aromatic N) is 1. The number of ether oxygens (including phenoxy) is 1. The van der Waals surface area contributed by atoms with Crippen molar-refractivity contribution in [1.82, 2.24) is 4.90 Å². The van der Waals surface area contributed by atoms with Gasteiger partial charge in [0.25, 0.3) is 11.1 Å². The second kappa shape index (κ2) is 9.16. The van der Waals surface area contributed by atoms with Gasteiger partial charge in [-0.25, -0.2) is 0 Å². The molecule has 146 valence electrons. The fourth-order valence-corrected chi connectivity index (χ4v) is 3.89. The summed E-state index contributed by atoms with van der Waals surface area (Å²) >= 11 is 2.24. The van der Waals surface area contributed by atoms with Gasteiger partial charge in [-0.15, -0.1) is 0 Å². The number of carbonyl (C=O) groups excluding carboxylic acids is 3. The first-order chi connectivity index (χ1) is 13.4. The Bertz CT molecular complexity index is 904. The summed E-state index contributed by atoms with van der Waals surface area (Å²) in [6.45, 7) is 3.68. The highest BCUT2D eigenvalue weighted by atomic mass is 32.2. The maximum absolute atomic E-state index is 12.5. The molecule has 0 radical (unpaired) electrons. The molecule has 0 unspecified atom stereocenters. The van der Waals surface area contributed by atoms with E-state index in [1.165, 1.54) is 17.8 Å². The number of furan rings is 1. The van der Waals surface area contributed by atoms with Crippen molar-refractivity contribution in [2.24, 2.45) is 5.92 Å². The van der Waals surface area contributed by atoms with E-state index in [1.807, 2.05) is 44.2 Å². The average molecular weight is 418 g/mol. The predicted molar refractivity (Wildman–Crippen MR) is 108 cm³/mol. The van der Waals surface area contributed by atoms with Crippen molar-refractivity contribution < 1.29 is 23.5 Å². The van der Waals surface area contributed by atoms with Gasteiger partial charge < -0.3 is 9.15 Å². The molecule has 1 aromatic heterocycles. The Morgan fingerprint density at radius 3 is 2.68 bits per heavy atom. The van der Waals surface area contributed by atoms with Gasteiger partial charge in [0.2, 0.25) is 0 Å². The lowest BCUT2D eigenvalue weighted by molar-refractivity contribution is -0.147. The van der Waals surface area contributed by atoms with E-state index < -0.39 is 17.1 Å². The third-order valence-corrected chi connectivity index (χ3v) is 5.41. The van der Waals surface area contributed by atoms with Crippen molar-refractivity contribution in [3.63, 3.8) is 0 Å². The van der Waals surface area contributed by atoms with E-state index in [0.29, 0.717) is 10.9 Å². The average Bonchev–Trinajstić information content (AvgIpc) is 3.20. The Labute approximate surface area is 171 Å². The van der Waals surface area contributed by atoms with Crippen LogP contribution in [-0.4, -0.2) is 35.2 Å². The molecule has 2 amide bonds. The lowest BCUT2D eigenvalue weighted by Crippen LogP contribution is -2.34. The van der Waals surface area contributed by atoms with Gasteiger partial charge in [0, 0.05) is 11.0 Å². The zero-order chi connectivity index (χ0) is 20.1. The van der Waals surface area contributed by atoms with Gasteiger partial charge in [-0.2, -0.15) is 0 Å². The minimum absolute atomic E-state index is 0.181. The molecular formula is C20H19NO5S2. The quantitative estimate of drug-likeness (QED) is 0.479. The molecule has 1 saturated heterocycles. The van der Waals surface area contributed by atoms with Gasteiger partial charge in [-0.05, 0) is 41.9 Å². The molecular weight excluding hydrogens is 398 g/mol. The Morgan fingerprint density at radius 1 is 1.21 bits per heavy atom. The highest BCUT2D eigenvalue weighted by molar-refractivity contribution is 8.18. The highest BCUT2D eigenvalue weighted by Gasteiger charge is 2.37. The second-order valence-corrected chi connectivity index (χ2v) is 8.49. The van der Waals surface area contributed by atoms with Gasteiger partial charge in [-0.3, -0.25) is 19.3 Å². The number of benzene rings is 1. The molecule has 2 heterocycles. The third-order valence-electron chi connectivity index (χ3n) is 3.58. The van der Waals surface area contributed by atoms with Crippen molar-refractivity contribution in [1.29, 1.82) is 0 Å². The summed E-state index contributed by atoms with van der Waals surface area (Å²) in [4.78, 5) is 38.5. The Hall–Kier alpha value is -2.45. The topological polar surface area (TPSA) is 76.8 Å². The maximum atomic E-state index is 12.5. The van der Waals surface area contributed by atoms with Crippen molar-refractivity contribution in [2.75, 3.05) is 13.2 Å². The SMILES string of the molecule is CC(C)COC(=O)CN1C(=O)S/C(=C\c2ccc(Sc3ccccc3)o2)C1=O. The standard InChI is InChI=1S/C20H19NO5S2/c1-13(2)12-25-17(22)11-21-19(23)16(28-20(21)24)10-14-8-9-18(26-14)27-15-6-4-3-5-7-15/h3-10,13H,11-12H2,1-2H3/b16-10-. The number of hydrogen-bond donors (Lipinski definition) is 0. The molecule has 3 rings (SSSR count). The van der Waals surface area contributed by atoms with E-state index in [0.717, 1.165) is 21.6 Å². The molecule has 1 fully saturated rings. The second-order valence-electron chi connectivity index (χ2n) is 6.42. The van der Waals surface area contributed by atoms with Crippen LogP contribution in [-0.2, 0) is 14.3 Å². The number of hydrogen-bond acceptors (Lipinski definition) is 7. The van der Waals surface area contributed by atoms with Crippen LogP contribution in [0.3, 0.4) is 0 Å². The number of imide groups is 1. The summed E-state index contributed by atoms with van der Waals surface area (Å²) in [5, 5.41) is 0.178. The number of carbonyl (C=O) groups is 3. The van der Waals surface area contributed by atoms with Gasteiger partial charge in [0.1, 0.15) is 12.3 Å². The highest BCUT2D eigenvalue weighted by Crippen LogP contribution is 2.34. The molecule has 28 heavy (non-hydrogen) atoms. The summed E-state index contributed by atoms with van der Waals surface area (Å²) in [6, 6.07) is 13.3. The van der Waals surface area contributed by atoms with Crippen LogP contribution in [0.2, 0.25) is 0 Å². The van der Waals surface area contributed by atoms with Crippen LogP contribution in [0.4, 0.5) is 4.79 Å². The van der Waals surface area contributed by atoms with Crippen LogP contribution >= 0.6 is 23.5 Å². The summed E-state index contributed by atoms with van der Waals surface area (Å²) in [7, 11) is 0. The number of esters is 1. The molecule has 0 N–H and O–H groups in total. The first-order valence-electron chi connectivity index (χ1n) is 8.66. The molecule has 6 nitrogen and oxygen atoms in total. The molecule has 0 spiro atoms. The normalized spacial score (nSPS) is 15.7. The first kappa shape index (κ1) is 20.3. The minimum Gasteiger partial charge on any atom is -0.464 e. The van der Waals surface area contributed by atoms with Crippen molar-refractivity contribution in [2.45, 2.75) is 23.8 Å².